The molecule has 0 aliphatic heterocycles. The first-order valence-corrected chi connectivity index (χ1v) is 6.88. The first kappa shape index (κ1) is 12.6. The summed E-state index contributed by atoms with van der Waals surface area (Å²) in [6.45, 7) is 2.07. The summed E-state index contributed by atoms with van der Waals surface area (Å²) in [4.78, 5) is 0. The largest absolute Gasteiger partial charge is 0.312 e. The van der Waals surface area contributed by atoms with Gasteiger partial charge in [0.2, 0.25) is 0 Å². The van der Waals surface area contributed by atoms with E-state index in [1.807, 2.05) is 11.7 Å². The molecule has 1 aromatic heterocycles. The highest BCUT2D eigenvalue weighted by atomic mass is 15.3. The number of aromatic nitrogens is 2. The fraction of sp³-hybridized carbons (Fsp3) is 0.786. The van der Waals surface area contributed by atoms with Gasteiger partial charge in [0.25, 0.3) is 0 Å². The number of aryl methyl sites for hydroxylation is 2. The van der Waals surface area contributed by atoms with Crippen LogP contribution in [0.1, 0.15) is 56.0 Å². The molecule has 0 aromatic carbocycles. The van der Waals surface area contributed by atoms with Gasteiger partial charge >= 0.3 is 0 Å². The molecule has 1 saturated carbocycles. The molecule has 1 aromatic rings. The maximum atomic E-state index is 4.45. The lowest BCUT2D eigenvalue weighted by molar-refractivity contribution is 0.300. The van der Waals surface area contributed by atoms with Crippen molar-refractivity contribution < 1.29 is 0 Å². The van der Waals surface area contributed by atoms with Crippen LogP contribution in [0.5, 0.6) is 0 Å². The monoisotopic (exact) mass is 235 g/mol. The Bertz CT molecular complexity index is 350. The quantitative estimate of drug-likeness (QED) is 0.869. The minimum atomic E-state index is 0.462. The molecule has 0 spiro atoms. The van der Waals surface area contributed by atoms with Gasteiger partial charge in [0, 0.05) is 13.1 Å². The van der Waals surface area contributed by atoms with Crippen LogP contribution in [0.2, 0.25) is 0 Å². The second-order valence-electron chi connectivity index (χ2n) is 5.42. The maximum Gasteiger partial charge on any atom is 0.0597 e. The third-order valence-electron chi connectivity index (χ3n) is 4.04. The summed E-state index contributed by atoms with van der Waals surface area (Å²) in [6.07, 6.45) is 8.36. The Labute approximate surface area is 105 Å². The van der Waals surface area contributed by atoms with Gasteiger partial charge in [-0.1, -0.05) is 32.1 Å². The van der Waals surface area contributed by atoms with Crippen molar-refractivity contribution in [2.75, 3.05) is 7.05 Å². The van der Waals surface area contributed by atoms with Crippen LogP contribution in [-0.2, 0) is 7.05 Å². The van der Waals surface area contributed by atoms with Gasteiger partial charge in [0.05, 0.1) is 11.4 Å². The normalized spacial score (nSPS) is 19.5. The molecule has 0 saturated heterocycles. The molecule has 1 aliphatic carbocycles. The molecular formula is C14H25N3. The maximum absolute atomic E-state index is 4.45. The molecule has 17 heavy (non-hydrogen) atoms. The third kappa shape index (κ3) is 3.09. The molecule has 2 rings (SSSR count). The van der Waals surface area contributed by atoms with E-state index >= 15 is 0 Å². The van der Waals surface area contributed by atoms with Crippen molar-refractivity contribution in [1.82, 2.24) is 15.1 Å². The van der Waals surface area contributed by atoms with E-state index in [2.05, 4.69) is 30.5 Å². The van der Waals surface area contributed by atoms with Crippen molar-refractivity contribution >= 4 is 0 Å². The van der Waals surface area contributed by atoms with Gasteiger partial charge in [-0.3, -0.25) is 4.68 Å². The van der Waals surface area contributed by atoms with E-state index in [9.17, 15) is 0 Å². The lowest BCUT2D eigenvalue weighted by atomic mass is 9.84. The van der Waals surface area contributed by atoms with Gasteiger partial charge in [-0.2, -0.15) is 5.10 Å². The number of hydrogen-bond donors (Lipinski definition) is 1. The molecule has 1 heterocycles. The molecule has 1 atom stereocenters. The van der Waals surface area contributed by atoms with Crippen molar-refractivity contribution in [3.63, 3.8) is 0 Å². The average Bonchev–Trinajstić information content (AvgIpc) is 2.67. The molecule has 3 nitrogen and oxygen atoms in total. The van der Waals surface area contributed by atoms with E-state index in [1.54, 1.807) is 0 Å². The third-order valence-corrected chi connectivity index (χ3v) is 4.04. The minimum Gasteiger partial charge on any atom is -0.312 e. The molecule has 1 N–H and O–H groups in total. The molecule has 0 radical (unpaired) electrons. The van der Waals surface area contributed by atoms with E-state index in [0.717, 1.165) is 11.6 Å². The molecular weight excluding hydrogens is 210 g/mol. The van der Waals surface area contributed by atoms with Crippen LogP contribution < -0.4 is 5.32 Å². The zero-order valence-corrected chi connectivity index (χ0v) is 11.4. The molecule has 0 bridgehead atoms. The molecule has 1 fully saturated rings. The predicted octanol–water partition coefficient (Wildman–Crippen LogP) is 2.96. The lowest BCUT2D eigenvalue weighted by Gasteiger charge is -2.26. The van der Waals surface area contributed by atoms with E-state index < -0.39 is 0 Å². The van der Waals surface area contributed by atoms with Crippen LogP contribution in [0.4, 0.5) is 0 Å². The van der Waals surface area contributed by atoms with E-state index in [-0.39, 0.29) is 0 Å². The molecule has 0 amide bonds. The Morgan fingerprint density at radius 3 is 2.65 bits per heavy atom. The van der Waals surface area contributed by atoms with Crippen LogP contribution in [0.15, 0.2) is 6.07 Å². The van der Waals surface area contributed by atoms with Gasteiger partial charge in [0.1, 0.15) is 0 Å². The fourth-order valence-corrected chi connectivity index (χ4v) is 3.10. The summed E-state index contributed by atoms with van der Waals surface area (Å²) in [5.74, 6) is 0.899. The van der Waals surface area contributed by atoms with Gasteiger partial charge in [-0.15, -0.1) is 0 Å². The summed E-state index contributed by atoms with van der Waals surface area (Å²) in [7, 11) is 4.11. The number of hydrogen-bond acceptors (Lipinski definition) is 2. The minimum absolute atomic E-state index is 0.462. The highest BCUT2D eigenvalue weighted by Gasteiger charge is 2.21. The lowest BCUT2D eigenvalue weighted by Crippen LogP contribution is -2.23. The van der Waals surface area contributed by atoms with Crippen LogP contribution >= 0.6 is 0 Å². The highest BCUT2D eigenvalue weighted by Crippen LogP contribution is 2.31. The Hall–Kier alpha value is -0.830. The van der Waals surface area contributed by atoms with E-state index in [0.29, 0.717) is 6.04 Å². The first-order valence-electron chi connectivity index (χ1n) is 6.88. The standard InChI is InChI=1S/C14H25N3/c1-11-9-14(17(3)16-11)13(15-2)10-12-7-5-4-6-8-12/h9,12-13,15H,4-8,10H2,1-3H3. The van der Waals surface area contributed by atoms with Crippen molar-refractivity contribution in [2.45, 2.75) is 51.5 Å². The SMILES string of the molecule is CNC(CC1CCCCC1)c1cc(C)nn1C. The average molecular weight is 235 g/mol. The second-order valence-corrected chi connectivity index (χ2v) is 5.42. The second kappa shape index (κ2) is 5.67. The smallest absolute Gasteiger partial charge is 0.0597 e. The zero-order valence-electron chi connectivity index (χ0n) is 11.4. The number of rotatable bonds is 4. The summed E-state index contributed by atoms with van der Waals surface area (Å²) in [6, 6.07) is 2.67. The van der Waals surface area contributed by atoms with Gasteiger partial charge in [-0.05, 0) is 32.4 Å². The van der Waals surface area contributed by atoms with E-state index in [1.165, 1.54) is 44.2 Å². The summed E-state index contributed by atoms with van der Waals surface area (Å²) in [5.41, 5.74) is 2.45. The van der Waals surface area contributed by atoms with Crippen molar-refractivity contribution in [1.29, 1.82) is 0 Å². The Morgan fingerprint density at radius 2 is 2.12 bits per heavy atom. The van der Waals surface area contributed by atoms with Gasteiger partial charge in [-0.25, -0.2) is 0 Å². The predicted molar refractivity (Wildman–Crippen MR) is 70.9 cm³/mol. The Morgan fingerprint density at radius 1 is 1.41 bits per heavy atom. The Kier molecular flexibility index (Phi) is 4.21. The van der Waals surface area contributed by atoms with Crippen LogP contribution in [0, 0.1) is 12.8 Å². The van der Waals surface area contributed by atoms with Crippen molar-refractivity contribution in [3.05, 3.63) is 17.5 Å². The first-order chi connectivity index (χ1) is 8.20. The fourth-order valence-electron chi connectivity index (χ4n) is 3.10. The zero-order chi connectivity index (χ0) is 12.3. The van der Waals surface area contributed by atoms with E-state index in [4.69, 9.17) is 0 Å². The molecule has 1 aliphatic rings. The number of nitrogens with one attached hydrogen (secondary N) is 1. The summed E-state index contributed by atoms with van der Waals surface area (Å²) < 4.78 is 2.03. The van der Waals surface area contributed by atoms with Crippen LogP contribution in [0.25, 0.3) is 0 Å². The highest BCUT2D eigenvalue weighted by molar-refractivity contribution is 5.13. The Balaban J connectivity index is 2.02. The molecule has 1 unspecified atom stereocenters. The van der Waals surface area contributed by atoms with Crippen molar-refractivity contribution in [3.8, 4) is 0 Å². The molecule has 96 valence electrons. The van der Waals surface area contributed by atoms with Crippen LogP contribution in [0.3, 0.4) is 0 Å². The summed E-state index contributed by atoms with van der Waals surface area (Å²) >= 11 is 0. The topological polar surface area (TPSA) is 29.9 Å². The molecule has 3 heteroatoms. The van der Waals surface area contributed by atoms with Crippen molar-refractivity contribution in [2.24, 2.45) is 13.0 Å². The summed E-state index contributed by atoms with van der Waals surface area (Å²) in [5, 5.41) is 7.91. The van der Waals surface area contributed by atoms with Gasteiger partial charge in [0.15, 0.2) is 0 Å². The van der Waals surface area contributed by atoms with Crippen LogP contribution in [-0.4, -0.2) is 16.8 Å². The van der Waals surface area contributed by atoms with Gasteiger partial charge < -0.3 is 5.32 Å². The number of nitrogens with zero attached hydrogens (tertiary/aromatic N) is 2.